The molecular formula is C24H18Cl2F3N3O2S. The molecule has 1 aromatic heterocycles. The fourth-order valence-corrected chi connectivity index (χ4v) is 6.09. The van der Waals surface area contributed by atoms with E-state index in [9.17, 15) is 21.6 Å². The van der Waals surface area contributed by atoms with Crippen LogP contribution in [0.3, 0.4) is 0 Å². The average Bonchev–Trinajstić information content (AvgIpc) is 3.38. The van der Waals surface area contributed by atoms with Gasteiger partial charge >= 0.3 is 6.18 Å². The smallest absolute Gasteiger partial charge is 0.294 e. The third-order valence-corrected chi connectivity index (χ3v) is 8.48. The molecule has 5 nitrogen and oxygen atoms in total. The van der Waals surface area contributed by atoms with Crippen molar-refractivity contribution in [3.8, 4) is 0 Å². The summed E-state index contributed by atoms with van der Waals surface area (Å²) < 4.78 is 67.3. The molecule has 2 heterocycles. The molecule has 0 bridgehead atoms. The summed E-state index contributed by atoms with van der Waals surface area (Å²) in [5.74, 6) is 0.245. The lowest BCUT2D eigenvalue weighted by Crippen LogP contribution is -2.23. The Labute approximate surface area is 209 Å². The van der Waals surface area contributed by atoms with Crippen molar-refractivity contribution in [2.45, 2.75) is 30.6 Å². The van der Waals surface area contributed by atoms with Gasteiger partial charge in [-0.05, 0) is 47.5 Å². The van der Waals surface area contributed by atoms with Crippen LogP contribution in [0, 0.1) is 0 Å². The van der Waals surface area contributed by atoms with Crippen LogP contribution in [0.2, 0.25) is 10.0 Å². The Bertz CT molecular complexity index is 1510. The Balaban J connectivity index is 1.53. The Morgan fingerprint density at radius 3 is 2.11 bits per heavy atom. The molecular weight excluding hydrogens is 522 g/mol. The maximum Gasteiger partial charge on any atom is 0.416 e. The van der Waals surface area contributed by atoms with Crippen LogP contribution < -0.4 is 0 Å². The van der Waals surface area contributed by atoms with Crippen LogP contribution in [0.4, 0.5) is 13.2 Å². The maximum absolute atomic E-state index is 13.6. The average molecular weight is 540 g/mol. The van der Waals surface area contributed by atoms with Crippen molar-refractivity contribution >= 4 is 44.3 Å². The molecule has 0 unspecified atom stereocenters. The summed E-state index contributed by atoms with van der Waals surface area (Å²) in [6, 6.07) is 14.3. The first-order chi connectivity index (χ1) is 16.5. The van der Waals surface area contributed by atoms with Crippen LogP contribution in [0.1, 0.15) is 22.5 Å². The van der Waals surface area contributed by atoms with E-state index in [2.05, 4.69) is 22.0 Å². The van der Waals surface area contributed by atoms with Gasteiger partial charge in [0.25, 0.3) is 10.0 Å². The van der Waals surface area contributed by atoms with Gasteiger partial charge in [-0.2, -0.15) is 13.2 Å². The fourth-order valence-electron chi connectivity index (χ4n) is 4.27. The molecule has 0 radical (unpaired) electrons. The molecule has 0 N–H and O–H groups in total. The van der Waals surface area contributed by atoms with Gasteiger partial charge in [-0.1, -0.05) is 47.5 Å². The van der Waals surface area contributed by atoms with Crippen LogP contribution in [0.15, 0.2) is 65.6 Å². The fraction of sp³-hybridized carbons (Fsp3) is 0.208. The van der Waals surface area contributed by atoms with Crippen molar-refractivity contribution < 1.29 is 21.6 Å². The van der Waals surface area contributed by atoms with E-state index in [1.165, 1.54) is 23.3 Å². The van der Waals surface area contributed by atoms with E-state index in [0.717, 1.165) is 41.3 Å². The summed E-state index contributed by atoms with van der Waals surface area (Å²) in [4.78, 5) is 6.40. The van der Waals surface area contributed by atoms with Crippen LogP contribution in [-0.2, 0) is 35.7 Å². The van der Waals surface area contributed by atoms with Gasteiger partial charge in [0.15, 0.2) is 0 Å². The van der Waals surface area contributed by atoms with Gasteiger partial charge < -0.3 is 0 Å². The third-order valence-electron chi connectivity index (χ3n) is 6.00. The predicted octanol–water partition coefficient (Wildman–Crippen LogP) is 6.16. The highest BCUT2D eigenvalue weighted by molar-refractivity contribution is 7.90. The zero-order valence-electron chi connectivity index (χ0n) is 18.1. The molecule has 4 aromatic rings. The first-order valence-electron chi connectivity index (χ1n) is 10.6. The van der Waals surface area contributed by atoms with Crippen molar-refractivity contribution in [2.24, 2.45) is 0 Å². The second-order valence-electron chi connectivity index (χ2n) is 8.30. The Hall–Kier alpha value is -2.59. The van der Waals surface area contributed by atoms with Gasteiger partial charge in [0.2, 0.25) is 0 Å². The van der Waals surface area contributed by atoms with Crippen molar-refractivity contribution in [1.82, 2.24) is 13.9 Å². The van der Waals surface area contributed by atoms with Crippen molar-refractivity contribution in [1.29, 1.82) is 0 Å². The minimum Gasteiger partial charge on any atom is -0.294 e. The third kappa shape index (κ3) is 4.53. The lowest BCUT2D eigenvalue weighted by atomic mass is 10.1. The number of hydrogen-bond acceptors (Lipinski definition) is 4. The number of fused-ring (bicyclic) bond motifs is 2. The van der Waals surface area contributed by atoms with E-state index in [0.29, 0.717) is 12.1 Å². The quantitative estimate of drug-likeness (QED) is 0.305. The van der Waals surface area contributed by atoms with Gasteiger partial charge in [0.1, 0.15) is 5.82 Å². The Kier molecular flexibility index (Phi) is 6.07. The van der Waals surface area contributed by atoms with E-state index < -0.39 is 21.8 Å². The van der Waals surface area contributed by atoms with Gasteiger partial charge in [0.05, 0.1) is 31.5 Å². The summed E-state index contributed by atoms with van der Waals surface area (Å²) >= 11 is 12.3. The lowest BCUT2D eigenvalue weighted by molar-refractivity contribution is -0.137. The molecule has 0 amide bonds. The first-order valence-corrected chi connectivity index (χ1v) is 12.8. The summed E-state index contributed by atoms with van der Waals surface area (Å²) in [6.45, 7) is 2.00. The monoisotopic (exact) mass is 539 g/mol. The first kappa shape index (κ1) is 24.1. The number of alkyl halides is 3. The number of benzene rings is 3. The van der Waals surface area contributed by atoms with Crippen LogP contribution in [-0.4, -0.2) is 28.8 Å². The number of aromatic nitrogens is 2. The topological polar surface area (TPSA) is 55.2 Å². The summed E-state index contributed by atoms with van der Waals surface area (Å²) in [5.41, 5.74) is 2.04. The van der Waals surface area contributed by atoms with Crippen LogP contribution in [0.5, 0.6) is 0 Å². The zero-order valence-corrected chi connectivity index (χ0v) is 20.4. The Morgan fingerprint density at radius 1 is 0.914 bits per heavy atom. The number of hydrogen-bond donors (Lipinski definition) is 0. The Morgan fingerprint density at radius 2 is 1.51 bits per heavy atom. The molecule has 11 heteroatoms. The van der Waals surface area contributed by atoms with Crippen molar-refractivity contribution in [3.05, 3.63) is 93.2 Å². The van der Waals surface area contributed by atoms with Gasteiger partial charge in [0, 0.05) is 26.1 Å². The summed E-state index contributed by atoms with van der Waals surface area (Å²) in [5, 5.41) is 0.363. The number of halogens is 5. The van der Waals surface area contributed by atoms with E-state index >= 15 is 0 Å². The highest BCUT2D eigenvalue weighted by atomic mass is 35.5. The van der Waals surface area contributed by atoms with Crippen LogP contribution >= 0.6 is 23.2 Å². The van der Waals surface area contributed by atoms with E-state index in [1.807, 2.05) is 12.1 Å². The number of nitrogens with zero attached hydrogens (tertiary/aromatic N) is 3. The molecule has 0 saturated heterocycles. The highest BCUT2D eigenvalue weighted by Crippen LogP contribution is 2.33. The minimum atomic E-state index is -4.58. The largest absolute Gasteiger partial charge is 0.416 e. The molecule has 1 aliphatic heterocycles. The SMILES string of the molecule is O=S(=O)(c1ccc(C(F)(F)F)cc1)n1c(CCN2Cc3ccccc3C2)nc2cc(Cl)c(Cl)cc21. The standard InChI is InChI=1S/C24H18Cl2F3N3O2S/c25-19-11-21-22(12-20(19)26)32(35(33,34)18-7-5-17(6-8-18)24(27,28)29)23(30-21)9-10-31-13-15-3-1-2-4-16(15)14-31/h1-8,11-12H,9-10,13-14H2. The molecule has 0 saturated carbocycles. The maximum atomic E-state index is 13.6. The predicted molar refractivity (Wildman–Crippen MR) is 128 cm³/mol. The van der Waals surface area contributed by atoms with Crippen LogP contribution in [0.25, 0.3) is 11.0 Å². The molecule has 0 aliphatic carbocycles. The zero-order chi connectivity index (χ0) is 25.0. The van der Waals surface area contributed by atoms with Crippen molar-refractivity contribution in [2.75, 3.05) is 6.54 Å². The highest BCUT2D eigenvalue weighted by Gasteiger charge is 2.32. The molecule has 0 spiro atoms. The number of rotatable bonds is 5. The summed E-state index contributed by atoms with van der Waals surface area (Å²) in [7, 11) is -4.28. The molecule has 1 aliphatic rings. The molecule has 3 aromatic carbocycles. The van der Waals surface area contributed by atoms with Gasteiger partial charge in [-0.15, -0.1) is 0 Å². The molecule has 0 atom stereocenters. The second kappa shape index (κ2) is 8.81. The summed E-state index contributed by atoms with van der Waals surface area (Å²) in [6.07, 6.45) is -4.29. The van der Waals surface area contributed by atoms with Crippen molar-refractivity contribution in [3.63, 3.8) is 0 Å². The van der Waals surface area contributed by atoms with E-state index in [-0.39, 0.29) is 32.7 Å². The normalized spacial score (nSPS) is 14.5. The molecule has 182 valence electrons. The van der Waals surface area contributed by atoms with E-state index in [4.69, 9.17) is 23.2 Å². The molecule has 5 rings (SSSR count). The van der Waals surface area contributed by atoms with Gasteiger partial charge in [-0.25, -0.2) is 17.4 Å². The molecule has 0 fully saturated rings. The second-order valence-corrected chi connectivity index (χ2v) is 10.9. The lowest BCUT2D eigenvalue weighted by Gasteiger charge is -2.16. The van der Waals surface area contributed by atoms with Gasteiger partial charge in [-0.3, -0.25) is 4.90 Å². The number of imidazole rings is 1. The minimum absolute atomic E-state index is 0.143. The van der Waals surface area contributed by atoms with E-state index in [1.54, 1.807) is 0 Å². The molecule has 35 heavy (non-hydrogen) atoms.